The zero-order valence-corrected chi connectivity index (χ0v) is 12.6. The number of aliphatic carboxylic acids is 1. The van der Waals surface area contributed by atoms with Gasteiger partial charge in [-0.25, -0.2) is 9.78 Å². The van der Waals surface area contributed by atoms with Gasteiger partial charge >= 0.3 is 5.97 Å². The molecule has 0 saturated carbocycles. The molecule has 0 bridgehead atoms. The van der Waals surface area contributed by atoms with E-state index in [2.05, 4.69) is 10.3 Å². The van der Waals surface area contributed by atoms with E-state index < -0.39 is 17.9 Å². The average molecular weight is 304 g/mol. The van der Waals surface area contributed by atoms with Crippen molar-refractivity contribution in [2.24, 2.45) is 0 Å². The first-order valence-electron chi connectivity index (χ1n) is 6.49. The molecule has 110 valence electrons. The van der Waals surface area contributed by atoms with Crippen molar-refractivity contribution in [1.29, 1.82) is 0 Å². The van der Waals surface area contributed by atoms with E-state index >= 15 is 0 Å². The van der Waals surface area contributed by atoms with E-state index in [4.69, 9.17) is 0 Å². The zero-order chi connectivity index (χ0) is 15.4. The van der Waals surface area contributed by atoms with E-state index in [0.29, 0.717) is 5.69 Å². The summed E-state index contributed by atoms with van der Waals surface area (Å²) in [4.78, 5) is 28.4. The highest BCUT2D eigenvalue weighted by molar-refractivity contribution is 7.11. The molecule has 0 aliphatic heterocycles. The van der Waals surface area contributed by atoms with Gasteiger partial charge in [-0.2, -0.15) is 0 Å². The largest absolute Gasteiger partial charge is 0.480 e. The maximum Gasteiger partial charge on any atom is 0.326 e. The predicted octanol–water partition coefficient (Wildman–Crippen LogP) is 2.19. The second-order valence-electron chi connectivity index (χ2n) is 4.69. The topological polar surface area (TPSA) is 79.3 Å². The molecule has 2 N–H and O–H groups in total. The van der Waals surface area contributed by atoms with Gasteiger partial charge in [-0.3, -0.25) is 4.79 Å². The average Bonchev–Trinajstić information content (AvgIpc) is 2.78. The van der Waals surface area contributed by atoms with Crippen LogP contribution in [-0.4, -0.2) is 28.0 Å². The Kier molecular flexibility index (Phi) is 4.70. The van der Waals surface area contributed by atoms with E-state index in [1.165, 1.54) is 11.3 Å². The lowest BCUT2D eigenvalue weighted by Gasteiger charge is -2.14. The fourth-order valence-electron chi connectivity index (χ4n) is 2.02. The third-order valence-corrected chi connectivity index (χ3v) is 3.89. The molecule has 0 radical (unpaired) electrons. The molecule has 1 aromatic carbocycles. The number of benzene rings is 1. The number of carbonyl (C=O) groups is 2. The van der Waals surface area contributed by atoms with Crippen LogP contribution in [0.5, 0.6) is 0 Å². The van der Waals surface area contributed by atoms with E-state index in [0.717, 1.165) is 15.4 Å². The number of hydrogen-bond acceptors (Lipinski definition) is 4. The lowest BCUT2D eigenvalue weighted by molar-refractivity contribution is -0.139. The van der Waals surface area contributed by atoms with Crippen molar-refractivity contribution in [2.45, 2.75) is 26.3 Å². The van der Waals surface area contributed by atoms with Crippen LogP contribution in [-0.2, 0) is 11.2 Å². The summed E-state index contributed by atoms with van der Waals surface area (Å²) < 4.78 is 0. The summed E-state index contributed by atoms with van der Waals surface area (Å²) in [6.07, 6.45) is 0.240. The van der Waals surface area contributed by atoms with Crippen molar-refractivity contribution in [2.75, 3.05) is 0 Å². The van der Waals surface area contributed by atoms with Gasteiger partial charge in [-0.15, -0.1) is 11.3 Å². The van der Waals surface area contributed by atoms with Crippen molar-refractivity contribution in [3.63, 3.8) is 0 Å². The van der Waals surface area contributed by atoms with Crippen molar-refractivity contribution in [1.82, 2.24) is 10.3 Å². The molecule has 0 unspecified atom stereocenters. The number of thiazole rings is 1. The SMILES string of the molecule is Cc1nc(C(=O)N[C@H](Cc2ccccc2)C(=O)O)c(C)s1. The molecule has 5 nitrogen and oxygen atoms in total. The molecule has 0 aliphatic carbocycles. The number of aryl methyl sites for hydroxylation is 2. The minimum atomic E-state index is -1.06. The maximum atomic E-state index is 12.2. The van der Waals surface area contributed by atoms with Crippen LogP contribution in [0.1, 0.15) is 25.9 Å². The minimum absolute atomic E-state index is 0.240. The lowest BCUT2D eigenvalue weighted by atomic mass is 10.1. The standard InChI is InChI=1S/C15H16N2O3S/c1-9-13(16-10(2)21-9)14(18)17-12(15(19)20)8-11-6-4-3-5-7-11/h3-7,12H,8H2,1-2H3,(H,17,18)(H,19,20)/t12-/m1/s1. The number of carboxylic acid groups (broad SMARTS) is 1. The first-order chi connectivity index (χ1) is 9.97. The van der Waals surface area contributed by atoms with Crippen molar-refractivity contribution in [3.05, 3.63) is 51.5 Å². The quantitative estimate of drug-likeness (QED) is 0.887. The number of nitrogens with zero attached hydrogens (tertiary/aromatic N) is 1. The van der Waals surface area contributed by atoms with Crippen LogP contribution in [0.2, 0.25) is 0 Å². The second kappa shape index (κ2) is 6.49. The Morgan fingerprint density at radius 1 is 1.29 bits per heavy atom. The Morgan fingerprint density at radius 3 is 2.48 bits per heavy atom. The highest BCUT2D eigenvalue weighted by Gasteiger charge is 2.23. The molecule has 21 heavy (non-hydrogen) atoms. The van der Waals surface area contributed by atoms with E-state index in [9.17, 15) is 14.7 Å². The van der Waals surface area contributed by atoms with Gasteiger partial charge < -0.3 is 10.4 Å². The zero-order valence-electron chi connectivity index (χ0n) is 11.8. The smallest absolute Gasteiger partial charge is 0.326 e. The van der Waals surface area contributed by atoms with Crippen molar-refractivity contribution >= 4 is 23.2 Å². The first kappa shape index (κ1) is 15.2. The minimum Gasteiger partial charge on any atom is -0.480 e. The normalized spacial score (nSPS) is 11.9. The molecule has 2 aromatic rings. The third-order valence-electron chi connectivity index (χ3n) is 3.00. The Morgan fingerprint density at radius 2 is 1.95 bits per heavy atom. The van der Waals surface area contributed by atoms with Crippen molar-refractivity contribution < 1.29 is 14.7 Å². The number of amides is 1. The number of aromatic nitrogens is 1. The van der Waals surface area contributed by atoms with E-state index in [1.54, 1.807) is 6.92 Å². The number of hydrogen-bond donors (Lipinski definition) is 2. The summed E-state index contributed by atoms with van der Waals surface area (Å²) in [5.74, 6) is -1.50. The molecule has 1 amide bonds. The van der Waals surface area contributed by atoms with Gasteiger partial charge in [-0.1, -0.05) is 30.3 Å². The molecular weight excluding hydrogens is 288 g/mol. The highest BCUT2D eigenvalue weighted by atomic mass is 32.1. The summed E-state index contributed by atoms with van der Waals surface area (Å²) >= 11 is 1.42. The molecule has 0 fully saturated rings. The van der Waals surface area contributed by atoms with Crippen LogP contribution in [0.3, 0.4) is 0 Å². The Bertz CT molecular complexity index is 652. The molecule has 1 heterocycles. The van der Waals surface area contributed by atoms with Gasteiger partial charge in [-0.05, 0) is 19.4 Å². The lowest BCUT2D eigenvalue weighted by Crippen LogP contribution is -2.42. The number of rotatable bonds is 5. The Balaban J connectivity index is 2.11. The maximum absolute atomic E-state index is 12.2. The summed E-state index contributed by atoms with van der Waals surface area (Å²) in [6, 6.07) is 8.23. The van der Waals surface area contributed by atoms with Crippen LogP contribution in [0, 0.1) is 13.8 Å². The molecule has 0 saturated heterocycles. The van der Waals surface area contributed by atoms with Crippen molar-refractivity contribution in [3.8, 4) is 0 Å². The van der Waals surface area contributed by atoms with Gasteiger partial charge in [0.05, 0.1) is 5.01 Å². The summed E-state index contributed by atoms with van der Waals surface area (Å²) in [5, 5.41) is 12.6. The molecule has 0 aliphatic rings. The molecule has 1 atom stereocenters. The molecular formula is C15H16N2O3S. The fourth-order valence-corrected chi connectivity index (χ4v) is 2.83. The van der Waals surface area contributed by atoms with Gasteiger partial charge in [0.2, 0.25) is 0 Å². The summed E-state index contributed by atoms with van der Waals surface area (Å²) in [7, 11) is 0. The second-order valence-corrected chi connectivity index (χ2v) is 6.10. The van der Waals surface area contributed by atoms with E-state index in [-0.39, 0.29) is 6.42 Å². The van der Waals surface area contributed by atoms with Crippen LogP contribution >= 0.6 is 11.3 Å². The monoisotopic (exact) mass is 304 g/mol. The van der Waals surface area contributed by atoms with Gasteiger partial charge in [0, 0.05) is 11.3 Å². The predicted molar refractivity (Wildman–Crippen MR) is 80.6 cm³/mol. The van der Waals surface area contributed by atoms with Gasteiger partial charge in [0.1, 0.15) is 11.7 Å². The third kappa shape index (κ3) is 3.88. The summed E-state index contributed by atoms with van der Waals surface area (Å²) in [5.41, 5.74) is 1.16. The van der Waals surface area contributed by atoms with Gasteiger partial charge in [0.15, 0.2) is 0 Å². The van der Waals surface area contributed by atoms with Crippen LogP contribution in [0.4, 0.5) is 0 Å². The Hall–Kier alpha value is -2.21. The fraction of sp³-hybridized carbons (Fsp3) is 0.267. The number of carboxylic acids is 1. The highest BCUT2D eigenvalue weighted by Crippen LogP contribution is 2.16. The van der Waals surface area contributed by atoms with E-state index in [1.807, 2.05) is 37.3 Å². The van der Waals surface area contributed by atoms with Gasteiger partial charge in [0.25, 0.3) is 5.91 Å². The molecule has 2 rings (SSSR count). The van der Waals surface area contributed by atoms with Crippen LogP contribution in [0.15, 0.2) is 30.3 Å². The van der Waals surface area contributed by atoms with Crippen LogP contribution in [0.25, 0.3) is 0 Å². The first-order valence-corrected chi connectivity index (χ1v) is 7.30. The molecule has 6 heteroatoms. The number of carbonyl (C=O) groups excluding carboxylic acids is 1. The molecule has 0 spiro atoms. The molecule has 1 aromatic heterocycles. The Labute approximate surface area is 126 Å². The number of nitrogens with one attached hydrogen (secondary N) is 1. The summed E-state index contributed by atoms with van der Waals surface area (Å²) in [6.45, 7) is 3.61. The van der Waals surface area contributed by atoms with Crippen LogP contribution < -0.4 is 5.32 Å².